The van der Waals surface area contributed by atoms with E-state index in [0.717, 1.165) is 19.5 Å². The molecule has 2 aliphatic heterocycles. The summed E-state index contributed by atoms with van der Waals surface area (Å²) in [5.74, 6) is 0. The number of hydrogen-bond acceptors (Lipinski definition) is 4. The van der Waals surface area contributed by atoms with Crippen molar-refractivity contribution in [1.82, 2.24) is 15.1 Å². The van der Waals surface area contributed by atoms with Gasteiger partial charge in [-0.2, -0.15) is 13.5 Å². The highest BCUT2D eigenvalue weighted by Crippen LogP contribution is 2.21. The summed E-state index contributed by atoms with van der Waals surface area (Å²) in [4.78, 5) is 16.1. The van der Waals surface area contributed by atoms with Crippen LogP contribution >= 0.6 is 13.5 Å². The molecule has 0 unspecified atom stereocenters. The first-order valence-corrected chi connectivity index (χ1v) is 9.15. The molecule has 2 aliphatic rings. The van der Waals surface area contributed by atoms with Gasteiger partial charge in [0.05, 0.1) is 11.7 Å². The molecule has 146 valence electrons. The van der Waals surface area contributed by atoms with Crippen molar-refractivity contribution in [2.24, 2.45) is 0 Å². The number of rotatable bonds is 4. The topological polar surface area (TPSA) is 76.0 Å². The van der Waals surface area contributed by atoms with Crippen LogP contribution in [0.2, 0.25) is 0 Å². The number of carbonyl (C=O) groups excluding carboxylic acids is 1. The molecule has 1 aromatic rings. The number of aliphatic hydroxyl groups is 2. The maximum Gasteiger partial charge on any atom is 0.317 e. The molecule has 0 saturated carbocycles. The molecule has 1 atom stereocenters. The van der Waals surface area contributed by atoms with Crippen LogP contribution < -0.4 is 5.32 Å². The van der Waals surface area contributed by atoms with Gasteiger partial charge in [-0.1, -0.05) is 24.3 Å². The molecule has 1 aromatic carbocycles. The van der Waals surface area contributed by atoms with Crippen LogP contribution in [0.5, 0.6) is 0 Å². The van der Waals surface area contributed by atoms with Crippen LogP contribution in [0.25, 0.3) is 0 Å². The van der Waals surface area contributed by atoms with E-state index < -0.39 is 11.7 Å². The predicted octanol–water partition coefficient (Wildman–Crippen LogP) is 1.07. The molecule has 0 spiro atoms. The number of amides is 2. The minimum Gasteiger partial charge on any atom is -0.390 e. The molecular weight excluding hydrogens is 350 g/mol. The van der Waals surface area contributed by atoms with E-state index in [-0.39, 0.29) is 26.1 Å². The highest BCUT2D eigenvalue weighted by molar-refractivity contribution is 7.59. The number of nitrogens with one attached hydrogen (secondary N) is 1. The zero-order valence-electron chi connectivity index (χ0n) is 15.4. The molecule has 0 radical (unpaired) electrons. The Morgan fingerprint density at radius 3 is 2.58 bits per heavy atom. The quantitative estimate of drug-likeness (QED) is 0.729. The molecule has 3 N–H and O–H groups in total. The minimum absolute atomic E-state index is 0. The first-order valence-electron chi connectivity index (χ1n) is 9.15. The molecule has 1 saturated heterocycles. The van der Waals surface area contributed by atoms with Crippen LogP contribution in [0.1, 0.15) is 30.9 Å². The first-order chi connectivity index (χ1) is 11.9. The Balaban J connectivity index is 0.00000243. The third-order valence-corrected chi connectivity index (χ3v) is 5.30. The maximum absolute atomic E-state index is 12.2. The Kier molecular flexibility index (Phi) is 7.34. The van der Waals surface area contributed by atoms with E-state index in [1.807, 2.05) is 6.92 Å². The van der Waals surface area contributed by atoms with E-state index in [9.17, 15) is 15.0 Å². The van der Waals surface area contributed by atoms with Gasteiger partial charge in [-0.25, -0.2) is 4.79 Å². The molecule has 26 heavy (non-hydrogen) atoms. The predicted molar refractivity (Wildman–Crippen MR) is 107 cm³/mol. The number of hydrogen-bond donors (Lipinski definition) is 3. The molecule has 7 heteroatoms. The number of nitrogens with zero attached hydrogens (tertiary/aromatic N) is 2. The van der Waals surface area contributed by atoms with Crippen LogP contribution in [-0.4, -0.2) is 70.5 Å². The number of urea groups is 1. The molecule has 0 aliphatic carbocycles. The second-order valence-corrected chi connectivity index (χ2v) is 7.58. The molecular formula is C19H31N3O3S. The summed E-state index contributed by atoms with van der Waals surface area (Å²) in [5.41, 5.74) is 2.05. The Morgan fingerprint density at radius 1 is 1.23 bits per heavy atom. The van der Waals surface area contributed by atoms with E-state index in [4.69, 9.17) is 0 Å². The van der Waals surface area contributed by atoms with E-state index in [0.29, 0.717) is 32.5 Å². The average molecular weight is 382 g/mol. The Bertz CT molecular complexity index is 601. The molecule has 1 fully saturated rings. The number of carbonyl (C=O) groups is 1. The number of benzene rings is 1. The van der Waals surface area contributed by atoms with Crippen molar-refractivity contribution in [2.45, 2.75) is 44.4 Å². The summed E-state index contributed by atoms with van der Waals surface area (Å²) in [6.45, 7) is 5.51. The zero-order valence-corrected chi connectivity index (χ0v) is 16.4. The van der Waals surface area contributed by atoms with E-state index in [1.54, 1.807) is 4.90 Å². The Labute approximate surface area is 162 Å². The normalized spacial score (nSPS) is 20.7. The van der Waals surface area contributed by atoms with Gasteiger partial charge in [0.25, 0.3) is 0 Å². The van der Waals surface area contributed by atoms with Gasteiger partial charge in [-0.15, -0.1) is 0 Å². The Morgan fingerprint density at radius 2 is 1.88 bits per heavy atom. The standard InChI is InChI=1S/C19H29N3O3.H2S/c1-19(25)7-10-22(11-8-19)18(24)20-12-17(23)14-21-9-6-15-4-2-3-5-16(15)13-21;/h2-5,17,23,25H,6-14H2,1H3,(H,20,24);1H2/t17-;/m0./s1. The van der Waals surface area contributed by atoms with Gasteiger partial charge in [-0.05, 0) is 37.3 Å². The number of aliphatic hydroxyl groups excluding tert-OH is 1. The number of likely N-dealkylation sites (tertiary alicyclic amines) is 1. The van der Waals surface area contributed by atoms with Gasteiger partial charge in [0, 0.05) is 39.3 Å². The lowest BCUT2D eigenvalue weighted by atomic mass is 9.94. The van der Waals surface area contributed by atoms with Gasteiger partial charge in [0.2, 0.25) is 0 Å². The fraction of sp³-hybridized carbons (Fsp3) is 0.632. The fourth-order valence-corrected chi connectivity index (χ4v) is 3.58. The molecule has 2 heterocycles. The van der Waals surface area contributed by atoms with Crippen molar-refractivity contribution in [3.05, 3.63) is 35.4 Å². The number of piperidine rings is 1. The maximum atomic E-state index is 12.2. The average Bonchev–Trinajstić information content (AvgIpc) is 2.59. The van der Waals surface area contributed by atoms with Gasteiger partial charge in [0.15, 0.2) is 0 Å². The van der Waals surface area contributed by atoms with Crippen molar-refractivity contribution in [1.29, 1.82) is 0 Å². The zero-order chi connectivity index (χ0) is 17.9. The monoisotopic (exact) mass is 381 g/mol. The molecule has 0 aromatic heterocycles. The third-order valence-electron chi connectivity index (χ3n) is 5.30. The van der Waals surface area contributed by atoms with Crippen molar-refractivity contribution in [3.8, 4) is 0 Å². The lowest BCUT2D eigenvalue weighted by Crippen LogP contribution is -2.50. The van der Waals surface area contributed by atoms with Gasteiger partial charge in [0.1, 0.15) is 0 Å². The van der Waals surface area contributed by atoms with Crippen LogP contribution in [0.15, 0.2) is 24.3 Å². The summed E-state index contributed by atoms with van der Waals surface area (Å²) >= 11 is 0. The molecule has 6 nitrogen and oxygen atoms in total. The van der Waals surface area contributed by atoms with Crippen LogP contribution in [-0.2, 0) is 13.0 Å². The first kappa shape index (κ1) is 21.0. The van der Waals surface area contributed by atoms with E-state index in [1.165, 1.54) is 11.1 Å². The summed E-state index contributed by atoms with van der Waals surface area (Å²) in [7, 11) is 0. The lowest BCUT2D eigenvalue weighted by Gasteiger charge is -2.36. The van der Waals surface area contributed by atoms with Crippen molar-refractivity contribution < 1.29 is 15.0 Å². The summed E-state index contributed by atoms with van der Waals surface area (Å²) in [6, 6.07) is 8.27. The highest BCUT2D eigenvalue weighted by atomic mass is 32.1. The Hall–Kier alpha value is -1.28. The largest absolute Gasteiger partial charge is 0.390 e. The second-order valence-electron chi connectivity index (χ2n) is 7.58. The summed E-state index contributed by atoms with van der Waals surface area (Å²) in [5, 5.41) is 23.0. The van der Waals surface area contributed by atoms with E-state index in [2.05, 4.69) is 34.5 Å². The van der Waals surface area contributed by atoms with Gasteiger partial charge >= 0.3 is 6.03 Å². The molecule has 3 rings (SSSR count). The van der Waals surface area contributed by atoms with Crippen molar-refractivity contribution in [2.75, 3.05) is 32.7 Å². The minimum atomic E-state index is -0.666. The number of β-amino-alcohol motifs (C(OH)–C–C–N with tert-alkyl or cyclic N) is 1. The second kappa shape index (κ2) is 9.08. The van der Waals surface area contributed by atoms with Gasteiger partial charge < -0.3 is 20.4 Å². The summed E-state index contributed by atoms with van der Waals surface area (Å²) < 4.78 is 0. The smallest absolute Gasteiger partial charge is 0.317 e. The van der Waals surface area contributed by atoms with Crippen LogP contribution in [0.3, 0.4) is 0 Å². The van der Waals surface area contributed by atoms with Crippen molar-refractivity contribution >= 4 is 19.5 Å². The van der Waals surface area contributed by atoms with E-state index >= 15 is 0 Å². The summed E-state index contributed by atoms with van der Waals surface area (Å²) in [6.07, 6.45) is 1.61. The highest BCUT2D eigenvalue weighted by Gasteiger charge is 2.29. The van der Waals surface area contributed by atoms with Crippen LogP contribution in [0, 0.1) is 0 Å². The van der Waals surface area contributed by atoms with Crippen LogP contribution in [0.4, 0.5) is 4.79 Å². The fourth-order valence-electron chi connectivity index (χ4n) is 3.58. The van der Waals surface area contributed by atoms with Crippen molar-refractivity contribution in [3.63, 3.8) is 0 Å². The van der Waals surface area contributed by atoms with Gasteiger partial charge in [-0.3, -0.25) is 4.90 Å². The SMILES string of the molecule is CC1(O)CCN(C(=O)NC[C@H](O)CN2CCc3ccccc3C2)CC1.S. The molecule has 0 bridgehead atoms. The molecule has 2 amide bonds. The third kappa shape index (κ3) is 5.61. The lowest BCUT2D eigenvalue weighted by molar-refractivity contribution is 0.00394. The number of fused-ring (bicyclic) bond motifs is 1.